The lowest BCUT2D eigenvalue weighted by molar-refractivity contribution is -0.139. The zero-order valence-electron chi connectivity index (χ0n) is 19.3. The van der Waals surface area contributed by atoms with Crippen LogP contribution in [0.4, 0.5) is 39.5 Å². The Hall–Kier alpha value is -2.45. The van der Waals surface area contributed by atoms with Crippen LogP contribution in [0.25, 0.3) is 6.08 Å². The maximum absolute atomic E-state index is 13.7. The molecule has 0 saturated carbocycles. The molecule has 2 N–H and O–H groups in total. The molecule has 39 heavy (non-hydrogen) atoms. The van der Waals surface area contributed by atoms with Crippen LogP contribution in [0.3, 0.4) is 0 Å². The third kappa shape index (κ3) is 9.31. The van der Waals surface area contributed by atoms with Crippen molar-refractivity contribution in [3.63, 3.8) is 0 Å². The molecule has 0 saturated heterocycles. The third-order valence-electron chi connectivity index (χ3n) is 5.00. The van der Waals surface area contributed by atoms with Gasteiger partial charge in [-0.25, -0.2) is 0 Å². The zero-order valence-corrected chi connectivity index (χ0v) is 22.4. The van der Waals surface area contributed by atoms with E-state index in [-0.39, 0.29) is 25.6 Å². The van der Waals surface area contributed by atoms with Gasteiger partial charge in [0.2, 0.25) is 5.91 Å². The number of rotatable bonds is 7. The summed E-state index contributed by atoms with van der Waals surface area (Å²) in [4.78, 5) is 24.1. The number of carbonyl (C=O) groups is 2. The summed E-state index contributed by atoms with van der Waals surface area (Å²) in [6.07, 6.45) is -13.5. The number of nitrogens with one attached hydrogen (secondary N) is 2. The number of halogens is 12. The van der Waals surface area contributed by atoms with Crippen molar-refractivity contribution < 1.29 is 49.1 Å². The van der Waals surface area contributed by atoms with Crippen molar-refractivity contribution in [2.75, 3.05) is 6.54 Å². The number of carbonyl (C=O) groups excluding carboxylic acids is 2. The highest BCUT2D eigenvalue weighted by molar-refractivity contribution is 9.10. The predicted molar refractivity (Wildman–Crippen MR) is 129 cm³/mol. The molecule has 0 aliphatic rings. The van der Waals surface area contributed by atoms with E-state index in [0.29, 0.717) is 18.2 Å². The van der Waals surface area contributed by atoms with E-state index in [9.17, 15) is 49.1 Å². The first-order chi connectivity index (χ1) is 17.7. The SMILES string of the molecule is C[C@@H](NC(=O)c1ccc(/C=C/C(c2cc(Cl)c(Br)c(Cl)c2)C(F)(F)F)cc1C(F)(F)F)C(=O)NCC(F)(F)F. The minimum Gasteiger partial charge on any atom is -0.345 e. The van der Waals surface area contributed by atoms with E-state index in [1.54, 1.807) is 0 Å². The molecule has 0 aliphatic heterocycles. The van der Waals surface area contributed by atoms with Crippen LogP contribution < -0.4 is 10.6 Å². The normalized spacial score (nSPS) is 14.3. The number of amides is 2. The molecule has 2 aromatic rings. The van der Waals surface area contributed by atoms with Gasteiger partial charge in [0.1, 0.15) is 12.6 Å². The Labute approximate surface area is 233 Å². The van der Waals surface area contributed by atoms with Crippen molar-refractivity contribution in [1.29, 1.82) is 0 Å². The van der Waals surface area contributed by atoms with Crippen LogP contribution in [-0.4, -0.2) is 36.8 Å². The summed E-state index contributed by atoms with van der Waals surface area (Å²) >= 11 is 14.8. The minimum absolute atomic E-state index is 0.129. The van der Waals surface area contributed by atoms with Crippen molar-refractivity contribution in [2.24, 2.45) is 0 Å². The smallest absolute Gasteiger partial charge is 0.345 e. The van der Waals surface area contributed by atoms with Gasteiger partial charge in [-0.05, 0) is 58.2 Å². The highest BCUT2D eigenvalue weighted by atomic mass is 79.9. The first-order valence-electron chi connectivity index (χ1n) is 10.5. The van der Waals surface area contributed by atoms with Crippen LogP contribution in [0.2, 0.25) is 10.0 Å². The van der Waals surface area contributed by atoms with Gasteiger partial charge in [-0.15, -0.1) is 0 Å². The lowest BCUT2D eigenvalue weighted by atomic mass is 9.96. The molecule has 214 valence electrons. The highest BCUT2D eigenvalue weighted by Crippen LogP contribution is 2.41. The topological polar surface area (TPSA) is 58.2 Å². The second-order valence-electron chi connectivity index (χ2n) is 8.01. The van der Waals surface area contributed by atoms with Gasteiger partial charge in [-0.1, -0.05) is 41.4 Å². The summed E-state index contributed by atoms with van der Waals surface area (Å²) in [5.74, 6) is -5.06. The molecule has 2 atom stereocenters. The van der Waals surface area contributed by atoms with E-state index in [1.807, 2.05) is 5.32 Å². The Morgan fingerprint density at radius 2 is 1.54 bits per heavy atom. The Morgan fingerprint density at radius 3 is 2.03 bits per heavy atom. The van der Waals surface area contributed by atoms with Crippen molar-refractivity contribution in [3.8, 4) is 0 Å². The molecule has 2 amide bonds. The number of benzene rings is 2. The van der Waals surface area contributed by atoms with Crippen LogP contribution >= 0.6 is 39.1 Å². The fourth-order valence-corrected chi connectivity index (χ4v) is 3.88. The largest absolute Gasteiger partial charge is 0.417 e. The van der Waals surface area contributed by atoms with Crippen molar-refractivity contribution in [3.05, 3.63) is 73.2 Å². The monoisotopic (exact) mass is 672 g/mol. The molecule has 0 heterocycles. The molecule has 0 fully saturated rings. The maximum atomic E-state index is 13.7. The predicted octanol–water partition coefficient (Wildman–Crippen LogP) is 7.93. The van der Waals surface area contributed by atoms with E-state index < -0.39 is 60.0 Å². The maximum Gasteiger partial charge on any atom is 0.417 e. The van der Waals surface area contributed by atoms with E-state index in [2.05, 4.69) is 15.9 Å². The molecular formula is C23H16BrCl2F9N2O2. The van der Waals surface area contributed by atoms with Gasteiger partial charge in [0, 0.05) is 0 Å². The molecule has 0 aromatic heterocycles. The van der Waals surface area contributed by atoms with Gasteiger partial charge >= 0.3 is 18.5 Å². The summed E-state index contributed by atoms with van der Waals surface area (Å²) in [6, 6.07) is 2.33. The second kappa shape index (κ2) is 12.4. The number of hydrogen-bond acceptors (Lipinski definition) is 2. The minimum atomic E-state index is -5.16. The number of alkyl halides is 9. The Morgan fingerprint density at radius 1 is 0.974 bits per heavy atom. The van der Waals surface area contributed by atoms with Crippen LogP contribution in [0.15, 0.2) is 40.9 Å². The van der Waals surface area contributed by atoms with Crippen molar-refractivity contribution in [2.45, 2.75) is 37.4 Å². The third-order valence-corrected chi connectivity index (χ3v) is 6.90. The molecule has 0 radical (unpaired) electrons. The van der Waals surface area contributed by atoms with Gasteiger partial charge in [0.25, 0.3) is 5.91 Å². The lowest BCUT2D eigenvalue weighted by Crippen LogP contribution is -2.47. The molecule has 4 nitrogen and oxygen atoms in total. The van der Waals surface area contributed by atoms with Crippen molar-refractivity contribution in [1.82, 2.24) is 10.6 Å². The van der Waals surface area contributed by atoms with Gasteiger partial charge in [-0.3, -0.25) is 9.59 Å². The van der Waals surface area contributed by atoms with Crippen LogP contribution in [0, 0.1) is 0 Å². The van der Waals surface area contributed by atoms with Crippen molar-refractivity contribution >= 4 is 57.0 Å². The summed E-state index contributed by atoms with van der Waals surface area (Å²) in [7, 11) is 0. The van der Waals surface area contributed by atoms with E-state index >= 15 is 0 Å². The molecule has 0 aliphatic carbocycles. The summed E-state index contributed by atoms with van der Waals surface area (Å²) in [6.45, 7) is -0.773. The quantitative estimate of drug-likeness (QED) is 0.232. The van der Waals surface area contributed by atoms with E-state index in [0.717, 1.165) is 31.2 Å². The van der Waals surface area contributed by atoms with Crippen LogP contribution in [0.1, 0.15) is 39.9 Å². The molecule has 2 rings (SSSR count). The summed E-state index contributed by atoms with van der Waals surface area (Å²) in [5, 5.41) is 3.07. The van der Waals surface area contributed by atoms with Gasteiger partial charge in [-0.2, -0.15) is 39.5 Å². The average Bonchev–Trinajstić information content (AvgIpc) is 2.78. The van der Waals surface area contributed by atoms with Gasteiger partial charge < -0.3 is 10.6 Å². The summed E-state index contributed by atoms with van der Waals surface area (Å²) < 4.78 is 119. The fourth-order valence-electron chi connectivity index (χ4n) is 3.15. The first kappa shape index (κ1) is 32.8. The molecule has 2 aromatic carbocycles. The van der Waals surface area contributed by atoms with Crippen LogP contribution in [0.5, 0.6) is 0 Å². The molecule has 1 unspecified atom stereocenters. The summed E-state index contributed by atoms with van der Waals surface area (Å²) in [5.41, 5.74) is -3.31. The zero-order chi connectivity index (χ0) is 29.9. The second-order valence-corrected chi connectivity index (χ2v) is 9.62. The Bertz CT molecular complexity index is 1240. The van der Waals surface area contributed by atoms with Gasteiger partial charge in [0.05, 0.1) is 31.6 Å². The standard InChI is InChI=1S/C23H16BrCl2F9N2O2/c1-10(19(38)36-9-21(27,28)29)37-20(39)13-4-2-11(6-15(13)23(33,34)35)3-5-14(22(30,31)32)12-7-16(25)18(24)17(26)8-12/h2-8,10,14H,9H2,1H3,(H,36,38)(H,37,39)/b5-3+/t10-,14?/m1/s1. The van der Waals surface area contributed by atoms with Crippen LogP contribution in [-0.2, 0) is 11.0 Å². The first-order valence-corrected chi connectivity index (χ1v) is 12.0. The fraction of sp³-hybridized carbons (Fsp3) is 0.304. The average molecular weight is 674 g/mol. The molecule has 0 spiro atoms. The van der Waals surface area contributed by atoms with Gasteiger partial charge in [0.15, 0.2) is 0 Å². The van der Waals surface area contributed by atoms with E-state index in [1.165, 1.54) is 5.32 Å². The Balaban J connectivity index is 2.37. The van der Waals surface area contributed by atoms with E-state index in [4.69, 9.17) is 23.2 Å². The Kier molecular flexibility index (Phi) is 10.4. The number of hydrogen-bond donors (Lipinski definition) is 2. The molecule has 0 bridgehead atoms. The molecule has 16 heteroatoms. The number of allylic oxidation sites excluding steroid dienone is 1. The molecular weight excluding hydrogens is 658 g/mol. The highest BCUT2D eigenvalue weighted by Gasteiger charge is 2.40. The lowest BCUT2D eigenvalue weighted by Gasteiger charge is -2.19.